The average Bonchev–Trinajstić information content (AvgIpc) is 2.80. The summed E-state index contributed by atoms with van der Waals surface area (Å²) < 4.78 is 0. The van der Waals surface area contributed by atoms with E-state index in [2.05, 4.69) is 18.3 Å². The van der Waals surface area contributed by atoms with Crippen molar-refractivity contribution in [1.82, 2.24) is 5.32 Å². The standard InChI is InChI=1S/C14H26N2/c1-2-3-4-5-6-11-14(12-15)16-13-9-7-8-10-13/h13-14,16H,2-11H2,1H3. The number of nitrogens with zero attached hydrogens (tertiary/aromatic N) is 1. The van der Waals surface area contributed by atoms with E-state index >= 15 is 0 Å². The second-order valence-corrected chi connectivity index (χ2v) is 5.03. The van der Waals surface area contributed by atoms with E-state index in [1.165, 1.54) is 57.8 Å². The largest absolute Gasteiger partial charge is 0.299 e. The van der Waals surface area contributed by atoms with E-state index in [1.807, 2.05) is 0 Å². The normalized spacial score (nSPS) is 18.5. The number of nitrogens with one attached hydrogen (secondary N) is 1. The Balaban J connectivity index is 2.04. The van der Waals surface area contributed by atoms with Crippen LogP contribution in [0.5, 0.6) is 0 Å². The van der Waals surface area contributed by atoms with Gasteiger partial charge in [0.05, 0.1) is 12.1 Å². The summed E-state index contributed by atoms with van der Waals surface area (Å²) in [4.78, 5) is 0. The number of nitriles is 1. The van der Waals surface area contributed by atoms with Gasteiger partial charge in [0.15, 0.2) is 0 Å². The molecule has 0 radical (unpaired) electrons. The summed E-state index contributed by atoms with van der Waals surface area (Å²) in [7, 11) is 0. The number of unbranched alkanes of at least 4 members (excludes halogenated alkanes) is 4. The van der Waals surface area contributed by atoms with E-state index in [0.717, 1.165) is 6.42 Å². The van der Waals surface area contributed by atoms with Gasteiger partial charge in [-0.1, -0.05) is 51.9 Å². The van der Waals surface area contributed by atoms with Gasteiger partial charge >= 0.3 is 0 Å². The lowest BCUT2D eigenvalue weighted by Crippen LogP contribution is -2.35. The fourth-order valence-electron chi connectivity index (χ4n) is 2.51. The third-order valence-electron chi connectivity index (χ3n) is 3.54. The van der Waals surface area contributed by atoms with Gasteiger partial charge in [0.2, 0.25) is 0 Å². The molecule has 0 aliphatic heterocycles. The van der Waals surface area contributed by atoms with Crippen LogP contribution in [0, 0.1) is 11.3 Å². The van der Waals surface area contributed by atoms with Crippen LogP contribution in [0.1, 0.15) is 71.1 Å². The maximum absolute atomic E-state index is 9.08. The second-order valence-electron chi connectivity index (χ2n) is 5.03. The summed E-state index contributed by atoms with van der Waals surface area (Å²) in [6.07, 6.45) is 12.7. The molecule has 1 rings (SSSR count). The van der Waals surface area contributed by atoms with E-state index < -0.39 is 0 Å². The molecule has 0 aromatic carbocycles. The molecule has 1 aliphatic carbocycles. The Labute approximate surface area is 100 Å². The van der Waals surface area contributed by atoms with E-state index in [-0.39, 0.29) is 6.04 Å². The average molecular weight is 222 g/mol. The van der Waals surface area contributed by atoms with Gasteiger partial charge in [0.25, 0.3) is 0 Å². The lowest BCUT2D eigenvalue weighted by Gasteiger charge is -2.16. The minimum Gasteiger partial charge on any atom is -0.299 e. The minimum atomic E-state index is 0.102. The molecule has 0 spiro atoms. The molecule has 1 fully saturated rings. The fraction of sp³-hybridized carbons (Fsp3) is 0.929. The van der Waals surface area contributed by atoms with Crippen molar-refractivity contribution < 1.29 is 0 Å². The molecule has 0 amide bonds. The zero-order valence-electron chi connectivity index (χ0n) is 10.7. The zero-order valence-corrected chi connectivity index (χ0v) is 10.7. The van der Waals surface area contributed by atoms with Gasteiger partial charge in [0.1, 0.15) is 0 Å². The molecule has 16 heavy (non-hydrogen) atoms. The number of hydrogen-bond acceptors (Lipinski definition) is 2. The Morgan fingerprint density at radius 2 is 1.88 bits per heavy atom. The Bertz CT molecular complexity index is 201. The van der Waals surface area contributed by atoms with Crippen LogP contribution in [-0.4, -0.2) is 12.1 Å². The Morgan fingerprint density at radius 3 is 2.50 bits per heavy atom. The fourth-order valence-corrected chi connectivity index (χ4v) is 2.51. The molecule has 2 heteroatoms. The smallest absolute Gasteiger partial charge is 0.0955 e. The van der Waals surface area contributed by atoms with Crippen LogP contribution in [-0.2, 0) is 0 Å². The maximum atomic E-state index is 9.08. The molecule has 2 nitrogen and oxygen atoms in total. The van der Waals surface area contributed by atoms with Gasteiger partial charge in [-0.15, -0.1) is 0 Å². The molecule has 1 atom stereocenters. The Hall–Kier alpha value is -0.550. The first kappa shape index (κ1) is 13.5. The molecule has 1 N–H and O–H groups in total. The van der Waals surface area contributed by atoms with E-state index in [1.54, 1.807) is 0 Å². The first-order chi connectivity index (χ1) is 7.86. The zero-order chi connectivity index (χ0) is 11.6. The summed E-state index contributed by atoms with van der Waals surface area (Å²) in [5.41, 5.74) is 0. The lowest BCUT2D eigenvalue weighted by atomic mass is 10.1. The minimum absolute atomic E-state index is 0.102. The Morgan fingerprint density at radius 1 is 1.19 bits per heavy atom. The predicted octanol–water partition coefficient (Wildman–Crippen LogP) is 3.77. The maximum Gasteiger partial charge on any atom is 0.0955 e. The van der Waals surface area contributed by atoms with Crippen LogP contribution in [0.3, 0.4) is 0 Å². The van der Waals surface area contributed by atoms with Crippen LogP contribution in [0.15, 0.2) is 0 Å². The van der Waals surface area contributed by atoms with Crippen molar-refractivity contribution in [3.05, 3.63) is 0 Å². The molecule has 1 unspecified atom stereocenters. The van der Waals surface area contributed by atoms with Crippen molar-refractivity contribution in [3.63, 3.8) is 0 Å². The highest BCUT2D eigenvalue weighted by molar-refractivity contribution is 4.92. The van der Waals surface area contributed by atoms with Crippen molar-refractivity contribution in [2.45, 2.75) is 83.2 Å². The van der Waals surface area contributed by atoms with Gasteiger partial charge < -0.3 is 0 Å². The highest BCUT2D eigenvalue weighted by Crippen LogP contribution is 2.19. The van der Waals surface area contributed by atoms with Crippen LogP contribution in [0.25, 0.3) is 0 Å². The summed E-state index contributed by atoms with van der Waals surface area (Å²) in [6, 6.07) is 3.14. The van der Waals surface area contributed by atoms with Crippen molar-refractivity contribution in [3.8, 4) is 6.07 Å². The first-order valence-corrected chi connectivity index (χ1v) is 7.02. The van der Waals surface area contributed by atoms with E-state index in [4.69, 9.17) is 5.26 Å². The molecule has 0 heterocycles. The number of rotatable bonds is 8. The molecule has 92 valence electrons. The molecule has 0 bridgehead atoms. The molecule has 1 saturated carbocycles. The summed E-state index contributed by atoms with van der Waals surface area (Å²) in [5, 5.41) is 12.6. The predicted molar refractivity (Wildman–Crippen MR) is 68.2 cm³/mol. The second kappa shape index (κ2) is 8.58. The van der Waals surface area contributed by atoms with Crippen molar-refractivity contribution in [2.24, 2.45) is 0 Å². The first-order valence-electron chi connectivity index (χ1n) is 7.02. The van der Waals surface area contributed by atoms with Crippen molar-refractivity contribution in [1.29, 1.82) is 5.26 Å². The highest BCUT2D eigenvalue weighted by atomic mass is 14.9. The van der Waals surface area contributed by atoms with Gasteiger partial charge in [-0.3, -0.25) is 5.32 Å². The molecule has 0 aromatic heterocycles. The van der Waals surface area contributed by atoms with Crippen LogP contribution < -0.4 is 5.32 Å². The molecule has 0 saturated heterocycles. The third-order valence-corrected chi connectivity index (χ3v) is 3.54. The number of hydrogen-bond donors (Lipinski definition) is 1. The summed E-state index contributed by atoms with van der Waals surface area (Å²) >= 11 is 0. The highest BCUT2D eigenvalue weighted by Gasteiger charge is 2.18. The monoisotopic (exact) mass is 222 g/mol. The van der Waals surface area contributed by atoms with Crippen LogP contribution >= 0.6 is 0 Å². The molecule has 0 aromatic rings. The molecule has 1 aliphatic rings. The van der Waals surface area contributed by atoms with Crippen molar-refractivity contribution in [2.75, 3.05) is 0 Å². The third kappa shape index (κ3) is 5.51. The summed E-state index contributed by atoms with van der Waals surface area (Å²) in [5.74, 6) is 0. The lowest BCUT2D eigenvalue weighted by molar-refractivity contribution is 0.448. The Kier molecular flexibility index (Phi) is 7.25. The SMILES string of the molecule is CCCCCCCC(C#N)NC1CCCC1. The van der Waals surface area contributed by atoms with Crippen LogP contribution in [0.4, 0.5) is 0 Å². The van der Waals surface area contributed by atoms with Gasteiger partial charge in [-0.2, -0.15) is 5.26 Å². The quantitative estimate of drug-likeness (QED) is 0.635. The van der Waals surface area contributed by atoms with Crippen LogP contribution in [0.2, 0.25) is 0 Å². The van der Waals surface area contributed by atoms with E-state index in [0.29, 0.717) is 6.04 Å². The van der Waals surface area contributed by atoms with Crippen molar-refractivity contribution >= 4 is 0 Å². The van der Waals surface area contributed by atoms with Gasteiger partial charge in [-0.25, -0.2) is 0 Å². The molecular weight excluding hydrogens is 196 g/mol. The van der Waals surface area contributed by atoms with Gasteiger partial charge in [-0.05, 0) is 19.3 Å². The van der Waals surface area contributed by atoms with Gasteiger partial charge in [0, 0.05) is 6.04 Å². The van der Waals surface area contributed by atoms with E-state index in [9.17, 15) is 0 Å². The molecular formula is C14H26N2. The topological polar surface area (TPSA) is 35.8 Å². The summed E-state index contributed by atoms with van der Waals surface area (Å²) in [6.45, 7) is 2.24.